The van der Waals surface area contributed by atoms with Crippen LogP contribution in [-0.4, -0.2) is 70.3 Å². The Bertz CT molecular complexity index is 955. The van der Waals surface area contributed by atoms with Gasteiger partial charge in [0.25, 0.3) is 0 Å². The van der Waals surface area contributed by atoms with Crippen LogP contribution in [0.3, 0.4) is 0 Å². The van der Waals surface area contributed by atoms with Gasteiger partial charge in [0.2, 0.25) is 5.84 Å². The summed E-state index contributed by atoms with van der Waals surface area (Å²) in [5.41, 5.74) is 1.23. The average Bonchev–Trinajstić information content (AvgIpc) is 3.63. The minimum atomic E-state index is -0.439. The molecule has 45 heavy (non-hydrogen) atoms. The second-order valence-corrected chi connectivity index (χ2v) is 12.2. The predicted octanol–water partition coefficient (Wildman–Crippen LogP) is 5.83. The summed E-state index contributed by atoms with van der Waals surface area (Å²) in [7, 11) is 0. The Morgan fingerprint density at radius 2 is 1.51 bits per heavy atom. The minimum Gasteiger partial charge on any atom is -1.00 e. The normalized spacial score (nSPS) is 18.0. The number of unbranched alkanes of at least 4 members (excludes halogenated alkanes) is 13. The molecule has 3 rings (SSSR count). The number of hydrogen-bond acceptors (Lipinski definition) is 5. The zero-order chi connectivity index (χ0) is 31.0. The Morgan fingerprint density at radius 3 is 2.07 bits per heavy atom. The molecule has 8 heteroatoms. The van der Waals surface area contributed by atoms with Crippen LogP contribution in [-0.2, 0) is 6.54 Å². The molecule has 1 aromatic carbocycles. The van der Waals surface area contributed by atoms with E-state index in [9.17, 15) is 5.11 Å². The molecule has 2 heterocycles. The van der Waals surface area contributed by atoms with Crippen LogP contribution in [0.15, 0.2) is 65.2 Å². The summed E-state index contributed by atoms with van der Waals surface area (Å²) in [6, 6.07) is 10.3. The van der Waals surface area contributed by atoms with E-state index in [1.54, 1.807) is 0 Å². The van der Waals surface area contributed by atoms with E-state index in [0.717, 1.165) is 50.8 Å². The Kier molecular flexibility index (Phi) is 26.4. The number of allylic oxidation sites excluding steroid dienone is 1. The number of rotatable bonds is 22. The first kappa shape index (κ1) is 43.3. The molecule has 0 aliphatic carbocycles. The van der Waals surface area contributed by atoms with E-state index in [4.69, 9.17) is 5.11 Å². The Balaban J connectivity index is 0.000000860. The average molecular weight is 668 g/mol. The van der Waals surface area contributed by atoms with Crippen molar-refractivity contribution in [3.8, 4) is 0 Å². The summed E-state index contributed by atoms with van der Waals surface area (Å²) >= 11 is 0. The molecule has 0 aromatic heterocycles. The van der Waals surface area contributed by atoms with Crippen LogP contribution in [0.2, 0.25) is 0 Å². The highest BCUT2D eigenvalue weighted by Gasteiger charge is 2.41. The van der Waals surface area contributed by atoms with E-state index in [0.29, 0.717) is 10.9 Å². The number of aliphatic hydroxyl groups excluding tert-OH is 2. The van der Waals surface area contributed by atoms with E-state index in [2.05, 4.69) is 52.8 Å². The van der Waals surface area contributed by atoms with Crippen LogP contribution < -0.4 is 12.4 Å². The summed E-state index contributed by atoms with van der Waals surface area (Å²) in [6.07, 6.45) is 26.8. The van der Waals surface area contributed by atoms with Crippen molar-refractivity contribution in [1.29, 1.82) is 0 Å². The molecular formula is C37H64Cl2N4O2. The van der Waals surface area contributed by atoms with Gasteiger partial charge in [-0.2, -0.15) is 0 Å². The number of quaternary nitrogens is 1. The smallest absolute Gasteiger partial charge is 0.204 e. The van der Waals surface area contributed by atoms with Crippen LogP contribution in [0, 0.1) is 0 Å². The molecule has 2 atom stereocenters. The van der Waals surface area contributed by atoms with E-state index in [-0.39, 0.29) is 31.4 Å². The van der Waals surface area contributed by atoms with Gasteiger partial charge in [-0.15, -0.1) is 19.0 Å². The fourth-order valence-corrected chi connectivity index (χ4v) is 6.09. The molecule has 0 saturated heterocycles. The molecule has 2 aliphatic rings. The van der Waals surface area contributed by atoms with Gasteiger partial charge < -0.3 is 27.5 Å². The predicted molar refractivity (Wildman–Crippen MR) is 191 cm³/mol. The first-order valence-electron chi connectivity index (χ1n) is 17.4. The van der Waals surface area contributed by atoms with Crippen LogP contribution in [0.4, 0.5) is 0 Å². The summed E-state index contributed by atoms with van der Waals surface area (Å²) in [4.78, 5) is 11.2. The van der Waals surface area contributed by atoms with Crippen LogP contribution in [0.5, 0.6) is 0 Å². The second-order valence-electron chi connectivity index (χ2n) is 12.2. The number of hydrogen-bond donors (Lipinski definition) is 2. The van der Waals surface area contributed by atoms with Gasteiger partial charge in [-0.3, -0.25) is 4.99 Å². The quantitative estimate of drug-likeness (QED) is 0.0929. The topological polar surface area (TPSA) is 68.4 Å². The summed E-state index contributed by atoms with van der Waals surface area (Å²) < 4.78 is 0.552. The number of halogens is 2. The van der Waals surface area contributed by atoms with Crippen molar-refractivity contribution in [3.63, 3.8) is 0 Å². The lowest BCUT2D eigenvalue weighted by molar-refractivity contribution is -0.896. The fourth-order valence-electron chi connectivity index (χ4n) is 6.09. The maximum atomic E-state index is 10.2. The van der Waals surface area contributed by atoms with Gasteiger partial charge in [-0.1, -0.05) is 126 Å². The molecule has 0 radical (unpaired) electrons. The molecule has 0 amide bonds. The molecule has 0 fully saturated rings. The van der Waals surface area contributed by atoms with Crippen LogP contribution in [0.25, 0.3) is 0 Å². The number of aliphatic hydroxyl groups is 2. The molecule has 6 nitrogen and oxygen atoms in total. The lowest BCUT2D eigenvalue weighted by Gasteiger charge is -2.37. The maximum absolute atomic E-state index is 10.2. The van der Waals surface area contributed by atoms with Gasteiger partial charge in [0.05, 0.1) is 26.1 Å². The Morgan fingerprint density at radius 1 is 0.911 bits per heavy atom. The summed E-state index contributed by atoms with van der Waals surface area (Å²) in [6.45, 7) is 12.4. The lowest BCUT2D eigenvalue weighted by atomic mass is 10.0. The number of aliphatic imine (C=N–C) groups is 2. The molecule has 2 aliphatic heterocycles. The standard InChI is InChI=1S/C22H42N2O.C15H21N2O.2ClH/c1-2-3-4-5-6-7-8-9-10-11-12-13-14-15-16-19-24-20-18-23-22(24)17-21-25;1-3-7-15-16-10-11-17(15,13(2)18)12-14-8-5-4-6-9-14;;/h16,19,25H,2-15,17-18,20-21H2,1H3;3-6,8-9,13,18H,1,7,10-12H2,2H3;2*1H/q;+1;;/p-1. The second kappa shape index (κ2) is 27.4. The first-order chi connectivity index (χ1) is 21.1. The van der Waals surface area contributed by atoms with Crippen molar-refractivity contribution in [3.05, 3.63) is 60.8 Å². The molecule has 2 N–H and O–H groups in total. The third-order valence-corrected chi connectivity index (χ3v) is 8.72. The highest BCUT2D eigenvalue weighted by molar-refractivity contribution is 5.85. The van der Waals surface area contributed by atoms with Gasteiger partial charge in [-0.05, 0) is 12.8 Å². The van der Waals surface area contributed by atoms with E-state index in [1.165, 1.54) is 95.5 Å². The molecule has 258 valence electrons. The monoisotopic (exact) mass is 666 g/mol. The molecule has 1 aromatic rings. The van der Waals surface area contributed by atoms with Crippen LogP contribution in [0.1, 0.15) is 122 Å². The van der Waals surface area contributed by atoms with E-state index >= 15 is 0 Å². The summed E-state index contributed by atoms with van der Waals surface area (Å²) in [5, 5.41) is 19.2. The van der Waals surface area contributed by atoms with Gasteiger partial charge in [0.1, 0.15) is 18.9 Å². The Labute approximate surface area is 288 Å². The maximum Gasteiger partial charge on any atom is 0.204 e. The fraction of sp³-hybridized carbons (Fsp3) is 0.676. The van der Waals surface area contributed by atoms with Crippen molar-refractivity contribution in [2.45, 2.75) is 129 Å². The van der Waals surface area contributed by atoms with E-state index in [1.807, 2.05) is 31.2 Å². The van der Waals surface area contributed by atoms with E-state index < -0.39 is 6.23 Å². The third-order valence-electron chi connectivity index (χ3n) is 8.72. The van der Waals surface area contributed by atoms with Crippen molar-refractivity contribution >= 4 is 24.1 Å². The van der Waals surface area contributed by atoms with Gasteiger partial charge in [-0.25, -0.2) is 9.48 Å². The SMILES string of the molecule is C=CCC1=NCC[N+]1(Cc1ccccc1)C(C)O.CCCCCCCCCCCCCCCC=CN1CCN=C1CCO.Cl.[Cl-]. The number of benzene rings is 1. The zero-order valence-corrected chi connectivity index (χ0v) is 30.0. The van der Waals surface area contributed by atoms with Gasteiger partial charge >= 0.3 is 0 Å². The van der Waals surface area contributed by atoms with Gasteiger partial charge in [0.15, 0.2) is 6.23 Å². The largest absolute Gasteiger partial charge is 1.00 e. The highest BCUT2D eigenvalue weighted by atomic mass is 35.5. The molecule has 0 saturated carbocycles. The van der Waals surface area contributed by atoms with Crippen molar-refractivity contribution in [2.75, 3.05) is 32.8 Å². The van der Waals surface area contributed by atoms with Crippen LogP contribution >= 0.6 is 12.4 Å². The molecular weight excluding hydrogens is 603 g/mol. The highest BCUT2D eigenvalue weighted by Crippen LogP contribution is 2.25. The van der Waals surface area contributed by atoms with Crippen molar-refractivity contribution < 1.29 is 27.1 Å². The Hall–Kier alpha value is -1.70. The molecule has 2 unspecified atom stereocenters. The number of nitrogens with zero attached hydrogens (tertiary/aromatic N) is 4. The van der Waals surface area contributed by atoms with Gasteiger partial charge in [0, 0.05) is 31.7 Å². The number of amidine groups is 2. The van der Waals surface area contributed by atoms with Crippen molar-refractivity contribution in [2.24, 2.45) is 9.98 Å². The zero-order valence-electron chi connectivity index (χ0n) is 28.4. The van der Waals surface area contributed by atoms with Crippen molar-refractivity contribution in [1.82, 2.24) is 4.90 Å². The summed E-state index contributed by atoms with van der Waals surface area (Å²) in [5.74, 6) is 2.09. The lowest BCUT2D eigenvalue weighted by Crippen LogP contribution is -3.00. The minimum absolute atomic E-state index is 0. The molecule has 0 spiro atoms. The molecule has 0 bridgehead atoms. The first-order valence-corrected chi connectivity index (χ1v) is 17.4. The third kappa shape index (κ3) is 17.1.